The summed E-state index contributed by atoms with van der Waals surface area (Å²) in [5, 5.41) is 3.73. The molecule has 162 valence electrons. The van der Waals surface area contributed by atoms with Gasteiger partial charge in [-0.25, -0.2) is 0 Å². The van der Waals surface area contributed by atoms with Crippen molar-refractivity contribution in [2.24, 2.45) is 0 Å². The molecule has 0 spiro atoms. The van der Waals surface area contributed by atoms with Crippen molar-refractivity contribution in [1.29, 1.82) is 0 Å². The van der Waals surface area contributed by atoms with Crippen LogP contribution >= 0.6 is 23.2 Å². The molecule has 0 heterocycles. The minimum atomic E-state index is -0.611. The van der Waals surface area contributed by atoms with Gasteiger partial charge >= 0.3 is 0 Å². The lowest BCUT2D eigenvalue weighted by Crippen LogP contribution is -2.50. The predicted octanol–water partition coefficient (Wildman–Crippen LogP) is 5.01. The first-order valence-corrected chi connectivity index (χ1v) is 10.8. The second-order valence-corrected chi connectivity index (χ2v) is 7.90. The van der Waals surface area contributed by atoms with Gasteiger partial charge in [0.15, 0.2) is 6.61 Å². The summed E-state index contributed by atoms with van der Waals surface area (Å²) in [6, 6.07) is 12.1. The predicted molar refractivity (Wildman–Crippen MR) is 121 cm³/mol. The van der Waals surface area contributed by atoms with Crippen LogP contribution in [-0.2, 0) is 16.1 Å². The molecule has 2 rings (SSSR count). The molecular weight excluding hydrogens is 423 g/mol. The number of hydrogen-bond acceptors (Lipinski definition) is 3. The van der Waals surface area contributed by atoms with Crippen LogP contribution in [0.15, 0.2) is 42.5 Å². The normalized spacial score (nSPS) is 11.6. The summed E-state index contributed by atoms with van der Waals surface area (Å²) in [4.78, 5) is 27.4. The average molecular weight is 451 g/mol. The molecule has 2 aromatic carbocycles. The Balaban J connectivity index is 2.22. The summed E-state index contributed by atoms with van der Waals surface area (Å²) < 4.78 is 5.70. The fraction of sp³-hybridized carbons (Fsp3) is 0.391. The van der Waals surface area contributed by atoms with Crippen molar-refractivity contribution in [2.75, 3.05) is 13.2 Å². The number of carbonyl (C=O) groups is 2. The van der Waals surface area contributed by atoms with Gasteiger partial charge in [0.05, 0.1) is 10.0 Å². The molecule has 2 aromatic rings. The summed E-state index contributed by atoms with van der Waals surface area (Å²) in [5.74, 6) is 0.158. The van der Waals surface area contributed by atoms with Crippen LogP contribution in [0.4, 0.5) is 0 Å². The van der Waals surface area contributed by atoms with Crippen molar-refractivity contribution >= 4 is 35.0 Å². The Bertz CT molecular complexity index is 873. The van der Waals surface area contributed by atoms with Gasteiger partial charge in [0.1, 0.15) is 11.8 Å². The van der Waals surface area contributed by atoms with E-state index in [9.17, 15) is 9.59 Å². The average Bonchev–Trinajstić information content (AvgIpc) is 2.73. The first kappa shape index (κ1) is 24.0. The van der Waals surface area contributed by atoms with E-state index in [1.807, 2.05) is 39.0 Å². The number of hydrogen-bond donors (Lipinski definition) is 1. The van der Waals surface area contributed by atoms with E-state index in [1.165, 1.54) is 0 Å². The molecular formula is C23H28Cl2N2O3. The van der Waals surface area contributed by atoms with Crippen LogP contribution in [0.3, 0.4) is 0 Å². The van der Waals surface area contributed by atoms with E-state index in [0.717, 1.165) is 17.5 Å². The summed E-state index contributed by atoms with van der Waals surface area (Å²) in [5.41, 5.74) is 1.83. The Kier molecular flexibility index (Phi) is 9.47. The third kappa shape index (κ3) is 6.92. The van der Waals surface area contributed by atoms with Crippen molar-refractivity contribution in [3.63, 3.8) is 0 Å². The van der Waals surface area contributed by atoms with Gasteiger partial charge in [-0.1, -0.05) is 55.2 Å². The minimum absolute atomic E-state index is 0.164. The molecule has 0 bridgehead atoms. The first-order chi connectivity index (χ1) is 14.3. The fourth-order valence-corrected chi connectivity index (χ4v) is 3.37. The highest BCUT2D eigenvalue weighted by molar-refractivity contribution is 6.42. The summed E-state index contributed by atoms with van der Waals surface area (Å²) >= 11 is 12.1. The molecule has 0 fully saturated rings. The van der Waals surface area contributed by atoms with Crippen LogP contribution in [0.5, 0.6) is 5.75 Å². The molecule has 7 heteroatoms. The van der Waals surface area contributed by atoms with Crippen molar-refractivity contribution in [2.45, 2.75) is 46.2 Å². The summed E-state index contributed by atoms with van der Waals surface area (Å²) in [6.45, 7) is 6.44. The quantitative estimate of drug-likeness (QED) is 0.552. The molecule has 0 aliphatic carbocycles. The highest BCUT2D eigenvalue weighted by Gasteiger charge is 2.28. The van der Waals surface area contributed by atoms with Crippen molar-refractivity contribution in [3.05, 3.63) is 63.6 Å². The maximum Gasteiger partial charge on any atom is 0.261 e. The van der Waals surface area contributed by atoms with E-state index >= 15 is 0 Å². The largest absolute Gasteiger partial charge is 0.484 e. The number of aryl methyl sites for hydroxylation is 1. The molecule has 0 aromatic heterocycles. The zero-order chi connectivity index (χ0) is 22.1. The number of halogens is 2. The number of nitrogens with one attached hydrogen (secondary N) is 1. The molecule has 0 radical (unpaired) electrons. The SMILES string of the molecule is CCCNC(=O)[C@@H](CC)N(Cc1ccc(Cl)c(Cl)c1)C(=O)COc1cccc(C)c1. The second kappa shape index (κ2) is 11.8. The van der Waals surface area contributed by atoms with Gasteiger partial charge in [-0.15, -0.1) is 0 Å². The molecule has 0 saturated carbocycles. The van der Waals surface area contributed by atoms with E-state index in [2.05, 4.69) is 5.32 Å². The highest BCUT2D eigenvalue weighted by Crippen LogP contribution is 2.24. The van der Waals surface area contributed by atoms with Crippen molar-refractivity contribution < 1.29 is 14.3 Å². The molecule has 30 heavy (non-hydrogen) atoms. The van der Waals surface area contributed by atoms with E-state index in [0.29, 0.717) is 28.8 Å². The van der Waals surface area contributed by atoms with Crippen LogP contribution < -0.4 is 10.1 Å². The maximum absolute atomic E-state index is 13.1. The lowest BCUT2D eigenvalue weighted by Gasteiger charge is -2.30. The van der Waals surface area contributed by atoms with Gasteiger partial charge in [0, 0.05) is 13.1 Å². The van der Waals surface area contributed by atoms with Crippen LogP contribution in [0, 0.1) is 6.92 Å². The van der Waals surface area contributed by atoms with Crippen molar-refractivity contribution in [3.8, 4) is 5.75 Å². The number of ether oxygens (including phenoxy) is 1. The standard InChI is InChI=1S/C23H28Cl2N2O3/c1-4-11-26-23(29)21(5-2)27(14-17-9-10-19(24)20(25)13-17)22(28)15-30-18-8-6-7-16(3)12-18/h6-10,12-13,21H,4-5,11,14-15H2,1-3H3,(H,26,29)/t21-/m1/s1. The molecule has 1 N–H and O–H groups in total. The van der Waals surface area contributed by atoms with Crippen molar-refractivity contribution in [1.82, 2.24) is 10.2 Å². The number of amides is 2. The third-order valence-corrected chi connectivity index (χ3v) is 5.36. The van der Waals surface area contributed by atoms with Gasteiger partial charge in [-0.3, -0.25) is 9.59 Å². The first-order valence-electron chi connectivity index (χ1n) is 10.1. The highest BCUT2D eigenvalue weighted by atomic mass is 35.5. The summed E-state index contributed by atoms with van der Waals surface area (Å²) in [6.07, 6.45) is 1.30. The molecule has 5 nitrogen and oxygen atoms in total. The van der Waals surface area contributed by atoms with E-state index < -0.39 is 6.04 Å². The Morgan fingerprint density at radius 2 is 1.87 bits per heavy atom. The molecule has 0 saturated heterocycles. The van der Waals surface area contributed by atoms with E-state index in [4.69, 9.17) is 27.9 Å². The molecule has 0 aliphatic rings. The van der Waals surface area contributed by atoms with Gasteiger partial charge < -0.3 is 15.0 Å². The van der Waals surface area contributed by atoms with Gasteiger partial charge in [0.25, 0.3) is 5.91 Å². The van der Waals surface area contributed by atoms with Crippen LogP contribution in [0.1, 0.15) is 37.8 Å². The molecule has 1 atom stereocenters. The van der Waals surface area contributed by atoms with Crippen LogP contribution in [-0.4, -0.2) is 35.9 Å². The second-order valence-electron chi connectivity index (χ2n) is 7.09. The smallest absolute Gasteiger partial charge is 0.261 e. The zero-order valence-electron chi connectivity index (χ0n) is 17.6. The lowest BCUT2D eigenvalue weighted by atomic mass is 10.1. The Labute approximate surface area is 188 Å². The molecule has 0 aliphatic heterocycles. The monoisotopic (exact) mass is 450 g/mol. The Hall–Kier alpha value is -2.24. The maximum atomic E-state index is 13.1. The van der Waals surface area contributed by atoms with Crippen LogP contribution in [0.2, 0.25) is 10.0 Å². The number of nitrogens with zero attached hydrogens (tertiary/aromatic N) is 1. The third-order valence-electron chi connectivity index (χ3n) is 4.62. The van der Waals surface area contributed by atoms with Gasteiger partial charge in [0.2, 0.25) is 5.91 Å². The number of rotatable bonds is 10. The topological polar surface area (TPSA) is 58.6 Å². The zero-order valence-corrected chi connectivity index (χ0v) is 19.1. The van der Waals surface area contributed by atoms with Gasteiger partial charge in [-0.2, -0.15) is 0 Å². The fourth-order valence-electron chi connectivity index (χ4n) is 3.05. The van der Waals surface area contributed by atoms with Gasteiger partial charge in [-0.05, 0) is 55.2 Å². The van der Waals surface area contributed by atoms with E-state index in [-0.39, 0.29) is 25.0 Å². The lowest BCUT2D eigenvalue weighted by molar-refractivity contribution is -0.143. The van der Waals surface area contributed by atoms with Crippen LogP contribution in [0.25, 0.3) is 0 Å². The van der Waals surface area contributed by atoms with E-state index in [1.54, 1.807) is 29.2 Å². The number of carbonyl (C=O) groups excluding carboxylic acids is 2. The number of benzene rings is 2. The Morgan fingerprint density at radius 3 is 2.50 bits per heavy atom. The Morgan fingerprint density at radius 1 is 1.10 bits per heavy atom. The minimum Gasteiger partial charge on any atom is -0.484 e. The molecule has 0 unspecified atom stereocenters. The summed E-state index contributed by atoms with van der Waals surface area (Å²) in [7, 11) is 0. The molecule has 2 amide bonds.